The van der Waals surface area contributed by atoms with Gasteiger partial charge in [0.1, 0.15) is 19.0 Å². The number of anilines is 1. The Balaban J connectivity index is 1.82. The Kier molecular flexibility index (Phi) is 4.99. The summed E-state index contributed by atoms with van der Waals surface area (Å²) < 4.78 is 10.6. The van der Waals surface area contributed by atoms with E-state index in [4.69, 9.17) is 20.5 Å². The summed E-state index contributed by atoms with van der Waals surface area (Å²) in [7, 11) is 0. The van der Waals surface area contributed by atoms with Crippen LogP contribution in [0.15, 0.2) is 42.5 Å². The van der Waals surface area contributed by atoms with Gasteiger partial charge < -0.3 is 15.2 Å². The number of hydrogen-bond donors (Lipinski definition) is 1. The number of carbonyl (C=O) groups excluding carboxylic acids is 1. The Bertz CT molecular complexity index is 703. The number of hydrogen-bond acceptors (Lipinski definition) is 5. The Morgan fingerprint density at radius 2 is 1.91 bits per heavy atom. The minimum atomic E-state index is -0.468. The third kappa shape index (κ3) is 3.76. The fraction of sp³-hybridized carbons (Fsp3) is 0.176. The molecule has 0 aromatic heterocycles. The zero-order valence-electron chi connectivity index (χ0n) is 12.2. The first-order valence-corrected chi connectivity index (χ1v) is 6.77. The van der Waals surface area contributed by atoms with Crippen LogP contribution in [0.1, 0.15) is 21.5 Å². The van der Waals surface area contributed by atoms with Crippen molar-refractivity contribution < 1.29 is 14.3 Å². The lowest BCUT2D eigenvalue weighted by Gasteiger charge is -2.09. The Morgan fingerprint density at radius 3 is 2.59 bits per heavy atom. The van der Waals surface area contributed by atoms with Crippen molar-refractivity contribution in [3.05, 3.63) is 59.2 Å². The number of aryl methyl sites for hydroxylation is 1. The predicted molar refractivity (Wildman–Crippen MR) is 82.5 cm³/mol. The van der Waals surface area contributed by atoms with Crippen LogP contribution in [0.3, 0.4) is 0 Å². The second-order valence-corrected chi connectivity index (χ2v) is 4.66. The molecular formula is C17H16N2O3. The van der Waals surface area contributed by atoms with Crippen LogP contribution in [0.2, 0.25) is 0 Å². The molecule has 0 spiro atoms. The van der Waals surface area contributed by atoms with E-state index in [2.05, 4.69) is 0 Å². The number of nitrogens with two attached hydrogens (primary N) is 1. The first kappa shape index (κ1) is 15.4. The van der Waals surface area contributed by atoms with Gasteiger partial charge in [-0.05, 0) is 42.8 Å². The lowest BCUT2D eigenvalue weighted by molar-refractivity contribution is 0.0451. The molecule has 22 heavy (non-hydrogen) atoms. The van der Waals surface area contributed by atoms with E-state index in [9.17, 15) is 4.79 Å². The summed E-state index contributed by atoms with van der Waals surface area (Å²) in [6, 6.07) is 14.0. The summed E-state index contributed by atoms with van der Waals surface area (Å²) in [5.41, 5.74) is 8.04. The molecule has 0 atom stereocenters. The van der Waals surface area contributed by atoms with E-state index < -0.39 is 5.97 Å². The standard InChI is InChI=1S/C17H16N2O3/c1-12-3-2-4-15(16(12)19)17(20)22-10-9-21-14-7-5-13(11-18)6-8-14/h2-8H,9-10,19H2,1H3. The monoisotopic (exact) mass is 296 g/mol. The molecule has 0 saturated heterocycles. The SMILES string of the molecule is Cc1cccc(C(=O)OCCOc2ccc(C#N)cc2)c1N. The van der Waals surface area contributed by atoms with Gasteiger partial charge in [-0.15, -0.1) is 0 Å². The van der Waals surface area contributed by atoms with Crippen LogP contribution < -0.4 is 10.5 Å². The van der Waals surface area contributed by atoms with Gasteiger partial charge in [-0.2, -0.15) is 5.26 Å². The van der Waals surface area contributed by atoms with Crippen molar-refractivity contribution in [3.8, 4) is 11.8 Å². The van der Waals surface area contributed by atoms with Crippen molar-refractivity contribution in [2.75, 3.05) is 18.9 Å². The fourth-order valence-corrected chi connectivity index (χ4v) is 1.86. The van der Waals surface area contributed by atoms with E-state index in [0.29, 0.717) is 22.6 Å². The molecular weight excluding hydrogens is 280 g/mol. The molecule has 0 aliphatic carbocycles. The van der Waals surface area contributed by atoms with Crippen molar-refractivity contribution in [1.82, 2.24) is 0 Å². The van der Waals surface area contributed by atoms with Crippen LogP contribution in [0.25, 0.3) is 0 Å². The highest BCUT2D eigenvalue weighted by atomic mass is 16.6. The van der Waals surface area contributed by atoms with Crippen LogP contribution in [-0.2, 0) is 4.74 Å². The minimum absolute atomic E-state index is 0.117. The first-order valence-electron chi connectivity index (χ1n) is 6.77. The van der Waals surface area contributed by atoms with Gasteiger partial charge in [0, 0.05) is 5.69 Å². The molecule has 2 rings (SSSR count). The van der Waals surface area contributed by atoms with Gasteiger partial charge in [0.2, 0.25) is 0 Å². The summed E-state index contributed by atoms with van der Waals surface area (Å²) >= 11 is 0. The number of para-hydroxylation sites is 1. The normalized spacial score (nSPS) is 9.82. The highest BCUT2D eigenvalue weighted by molar-refractivity contribution is 5.95. The second-order valence-electron chi connectivity index (χ2n) is 4.66. The van der Waals surface area contributed by atoms with E-state index in [1.807, 2.05) is 19.1 Å². The molecule has 2 N–H and O–H groups in total. The lowest BCUT2D eigenvalue weighted by atomic mass is 10.1. The van der Waals surface area contributed by atoms with Crippen molar-refractivity contribution in [2.45, 2.75) is 6.92 Å². The number of benzene rings is 2. The number of esters is 1. The molecule has 5 heteroatoms. The molecule has 2 aromatic carbocycles. The number of ether oxygens (including phenoxy) is 2. The van der Waals surface area contributed by atoms with Crippen LogP contribution in [0.4, 0.5) is 5.69 Å². The first-order chi connectivity index (χ1) is 10.6. The Labute approximate surface area is 128 Å². The largest absolute Gasteiger partial charge is 0.490 e. The molecule has 0 unspecified atom stereocenters. The van der Waals surface area contributed by atoms with Gasteiger partial charge in [0.25, 0.3) is 0 Å². The summed E-state index contributed by atoms with van der Waals surface area (Å²) in [5.74, 6) is 0.148. The third-order valence-electron chi connectivity index (χ3n) is 3.11. The number of carbonyl (C=O) groups is 1. The molecule has 0 radical (unpaired) electrons. The van der Waals surface area contributed by atoms with Crippen LogP contribution >= 0.6 is 0 Å². The zero-order chi connectivity index (χ0) is 15.9. The highest BCUT2D eigenvalue weighted by Crippen LogP contribution is 2.17. The molecule has 112 valence electrons. The lowest BCUT2D eigenvalue weighted by Crippen LogP contribution is -2.14. The van der Waals surface area contributed by atoms with Gasteiger partial charge in [0.15, 0.2) is 0 Å². The summed E-state index contributed by atoms with van der Waals surface area (Å²) in [4.78, 5) is 11.9. The van der Waals surface area contributed by atoms with Gasteiger partial charge in [-0.3, -0.25) is 0 Å². The molecule has 0 saturated carbocycles. The predicted octanol–water partition coefficient (Wildman–Crippen LogP) is 2.68. The number of nitrogen functional groups attached to an aromatic ring is 1. The zero-order valence-corrected chi connectivity index (χ0v) is 12.2. The molecule has 2 aromatic rings. The van der Waals surface area contributed by atoms with Crippen molar-refractivity contribution in [1.29, 1.82) is 5.26 Å². The molecule has 0 fully saturated rings. The number of nitriles is 1. The average Bonchev–Trinajstić information content (AvgIpc) is 2.54. The van der Waals surface area contributed by atoms with E-state index in [0.717, 1.165) is 5.56 Å². The molecule has 5 nitrogen and oxygen atoms in total. The van der Waals surface area contributed by atoms with Crippen molar-refractivity contribution in [2.24, 2.45) is 0 Å². The number of nitrogens with zero attached hydrogens (tertiary/aromatic N) is 1. The van der Waals surface area contributed by atoms with E-state index >= 15 is 0 Å². The summed E-state index contributed by atoms with van der Waals surface area (Å²) in [6.07, 6.45) is 0. The smallest absolute Gasteiger partial charge is 0.340 e. The van der Waals surface area contributed by atoms with Crippen LogP contribution in [-0.4, -0.2) is 19.2 Å². The van der Waals surface area contributed by atoms with Crippen LogP contribution in [0.5, 0.6) is 5.75 Å². The van der Waals surface area contributed by atoms with Gasteiger partial charge in [-0.1, -0.05) is 12.1 Å². The quantitative estimate of drug-likeness (QED) is 0.521. The summed E-state index contributed by atoms with van der Waals surface area (Å²) in [6.45, 7) is 2.18. The van der Waals surface area contributed by atoms with E-state index in [1.54, 1.807) is 36.4 Å². The highest BCUT2D eigenvalue weighted by Gasteiger charge is 2.12. The molecule has 0 aliphatic rings. The van der Waals surface area contributed by atoms with Gasteiger partial charge >= 0.3 is 5.97 Å². The molecule has 0 heterocycles. The van der Waals surface area contributed by atoms with Crippen LogP contribution in [0, 0.1) is 18.3 Å². The molecule has 0 amide bonds. The van der Waals surface area contributed by atoms with E-state index in [1.165, 1.54) is 0 Å². The molecule has 0 aliphatic heterocycles. The maximum atomic E-state index is 11.9. The fourth-order valence-electron chi connectivity index (χ4n) is 1.86. The average molecular weight is 296 g/mol. The van der Waals surface area contributed by atoms with Crippen molar-refractivity contribution >= 4 is 11.7 Å². The number of rotatable bonds is 5. The van der Waals surface area contributed by atoms with E-state index in [-0.39, 0.29) is 13.2 Å². The Morgan fingerprint density at radius 1 is 1.18 bits per heavy atom. The topological polar surface area (TPSA) is 85.3 Å². The summed E-state index contributed by atoms with van der Waals surface area (Å²) in [5, 5.41) is 8.70. The van der Waals surface area contributed by atoms with Crippen molar-refractivity contribution in [3.63, 3.8) is 0 Å². The Hall–Kier alpha value is -3.00. The third-order valence-corrected chi connectivity index (χ3v) is 3.11. The van der Waals surface area contributed by atoms with Gasteiger partial charge in [-0.25, -0.2) is 4.79 Å². The minimum Gasteiger partial charge on any atom is -0.490 e. The second kappa shape index (κ2) is 7.14. The maximum Gasteiger partial charge on any atom is 0.340 e. The van der Waals surface area contributed by atoms with Gasteiger partial charge in [0.05, 0.1) is 17.2 Å². The molecule has 0 bridgehead atoms. The maximum absolute atomic E-state index is 11.9.